The number of hydrogen-bond donors (Lipinski definition) is 0. The van der Waals surface area contributed by atoms with Crippen LogP contribution < -0.4 is 9.64 Å². The monoisotopic (exact) mass is 536 g/mol. The fourth-order valence-corrected chi connectivity index (χ4v) is 5.40. The average molecular weight is 538 g/mol. The third-order valence-electron chi connectivity index (χ3n) is 5.18. The predicted octanol–water partition coefficient (Wildman–Crippen LogP) is 7.55. The van der Waals surface area contributed by atoms with Crippen molar-refractivity contribution in [3.8, 4) is 5.75 Å². The third-order valence-corrected chi connectivity index (χ3v) is 7.38. The van der Waals surface area contributed by atoms with Crippen molar-refractivity contribution in [2.75, 3.05) is 11.5 Å². The van der Waals surface area contributed by atoms with Crippen molar-refractivity contribution in [3.63, 3.8) is 0 Å². The van der Waals surface area contributed by atoms with E-state index in [1.165, 1.54) is 11.3 Å². The van der Waals surface area contributed by atoms with Gasteiger partial charge in [-0.2, -0.15) is 0 Å². The molecule has 0 spiro atoms. The Morgan fingerprint density at radius 1 is 1.06 bits per heavy atom. The van der Waals surface area contributed by atoms with Crippen molar-refractivity contribution < 1.29 is 9.53 Å². The van der Waals surface area contributed by atoms with E-state index in [9.17, 15) is 4.79 Å². The number of anilines is 1. The Labute approximate surface area is 208 Å². The Morgan fingerprint density at radius 3 is 2.48 bits per heavy atom. The number of carbonyl (C=O) groups excluding carboxylic acids is 1. The lowest BCUT2D eigenvalue weighted by Gasteiger charge is -2.18. The molecule has 0 fully saturated rings. The molecule has 3 aromatic carbocycles. The second kappa shape index (κ2) is 9.14. The van der Waals surface area contributed by atoms with E-state index < -0.39 is 0 Å². The lowest BCUT2D eigenvalue weighted by molar-refractivity contribution is -0.113. The molecule has 1 aliphatic heterocycles. The van der Waals surface area contributed by atoms with Crippen molar-refractivity contribution in [1.29, 1.82) is 0 Å². The van der Waals surface area contributed by atoms with Gasteiger partial charge in [-0.15, -0.1) is 11.3 Å². The second-order valence-electron chi connectivity index (χ2n) is 7.33. The van der Waals surface area contributed by atoms with Crippen LogP contribution in [0.15, 0.2) is 88.0 Å². The topological polar surface area (TPSA) is 41.9 Å². The Morgan fingerprint density at radius 2 is 1.79 bits per heavy atom. The number of halogens is 2. The highest BCUT2D eigenvalue weighted by Crippen LogP contribution is 2.39. The number of amides is 1. The zero-order valence-corrected chi connectivity index (χ0v) is 20.7. The largest absolute Gasteiger partial charge is 0.494 e. The number of rotatable bonds is 5. The van der Waals surface area contributed by atoms with Crippen molar-refractivity contribution in [1.82, 2.24) is 0 Å². The molecule has 0 atom stereocenters. The van der Waals surface area contributed by atoms with Crippen LogP contribution in [0, 0.1) is 0 Å². The summed E-state index contributed by atoms with van der Waals surface area (Å²) < 4.78 is 7.49. The molecule has 5 rings (SSSR count). The molecular weight excluding hydrogens is 520 g/mol. The summed E-state index contributed by atoms with van der Waals surface area (Å²) in [5, 5.41) is 1.56. The molecule has 0 aliphatic carbocycles. The summed E-state index contributed by atoms with van der Waals surface area (Å²) in [6.45, 7) is 2.55. The molecule has 164 valence electrons. The van der Waals surface area contributed by atoms with Crippen molar-refractivity contribution in [3.05, 3.63) is 98.4 Å². The molecule has 0 bridgehead atoms. The normalized spacial score (nSPS) is 14.9. The van der Waals surface area contributed by atoms with E-state index in [0.717, 1.165) is 36.4 Å². The number of aliphatic imine (C=N–C) groups is 1. The molecule has 4 nitrogen and oxygen atoms in total. The lowest BCUT2D eigenvalue weighted by Crippen LogP contribution is -2.32. The Kier molecular flexibility index (Phi) is 6.06. The minimum absolute atomic E-state index is 0.199. The molecule has 1 amide bonds. The standard InChI is InChI=1S/C26H18BrClN2O2S/c1-2-32-19-13-7-16(8-14-19)15-21-26(31)30(18-11-9-17(27)10-12-18)25(29-21)24-23(28)20-5-3-4-6-22(20)33-24/h3-15H,2H2,1H3/b21-15+. The van der Waals surface area contributed by atoms with E-state index >= 15 is 0 Å². The van der Waals surface area contributed by atoms with Gasteiger partial charge in [0.05, 0.1) is 22.2 Å². The second-order valence-corrected chi connectivity index (χ2v) is 9.67. The minimum Gasteiger partial charge on any atom is -0.494 e. The summed E-state index contributed by atoms with van der Waals surface area (Å²) in [6.07, 6.45) is 1.79. The molecular formula is C26H18BrClN2O2S. The van der Waals surface area contributed by atoms with E-state index in [4.69, 9.17) is 21.3 Å². The summed E-state index contributed by atoms with van der Waals surface area (Å²) in [4.78, 5) is 20.7. The van der Waals surface area contributed by atoms with Gasteiger partial charge in [0.15, 0.2) is 5.84 Å². The highest BCUT2D eigenvalue weighted by Gasteiger charge is 2.34. The predicted molar refractivity (Wildman–Crippen MR) is 141 cm³/mol. The van der Waals surface area contributed by atoms with Crippen LogP contribution in [0.3, 0.4) is 0 Å². The summed E-state index contributed by atoms with van der Waals surface area (Å²) in [7, 11) is 0. The first kappa shape index (κ1) is 21.9. The van der Waals surface area contributed by atoms with Crippen LogP contribution in [0.1, 0.15) is 17.4 Å². The fourth-order valence-electron chi connectivity index (χ4n) is 3.64. The number of ether oxygens (including phenoxy) is 1. The molecule has 0 N–H and O–H groups in total. The molecule has 0 saturated heterocycles. The van der Waals surface area contributed by atoms with Gasteiger partial charge in [-0.25, -0.2) is 4.99 Å². The van der Waals surface area contributed by atoms with Crippen molar-refractivity contribution in [2.24, 2.45) is 4.99 Å². The fraction of sp³-hybridized carbons (Fsp3) is 0.0769. The highest BCUT2D eigenvalue weighted by atomic mass is 79.9. The van der Waals surface area contributed by atoms with E-state index in [1.807, 2.05) is 79.7 Å². The van der Waals surface area contributed by atoms with E-state index in [1.54, 1.807) is 11.0 Å². The first-order valence-electron chi connectivity index (χ1n) is 10.4. The van der Waals surface area contributed by atoms with E-state index in [2.05, 4.69) is 15.9 Å². The Hall–Kier alpha value is -2.93. The molecule has 2 heterocycles. The quantitative estimate of drug-likeness (QED) is 0.247. The average Bonchev–Trinajstić information content (AvgIpc) is 3.33. The van der Waals surface area contributed by atoms with Crippen LogP contribution in [0.5, 0.6) is 5.75 Å². The molecule has 1 aromatic heterocycles. The molecule has 4 aromatic rings. The first-order chi connectivity index (χ1) is 16.0. The SMILES string of the molecule is CCOc1ccc(/C=C2/N=C(c3sc4ccccc4c3Cl)N(c3ccc(Br)cc3)C2=O)cc1. The van der Waals surface area contributed by atoms with Gasteiger partial charge in [0.2, 0.25) is 0 Å². The zero-order chi connectivity index (χ0) is 22.9. The molecule has 0 saturated carbocycles. The Balaban J connectivity index is 1.62. The van der Waals surface area contributed by atoms with Crippen LogP contribution >= 0.6 is 38.9 Å². The lowest BCUT2D eigenvalue weighted by atomic mass is 10.2. The van der Waals surface area contributed by atoms with Gasteiger partial charge in [0.25, 0.3) is 5.91 Å². The van der Waals surface area contributed by atoms with Crippen LogP contribution in [0.25, 0.3) is 16.2 Å². The molecule has 7 heteroatoms. The summed E-state index contributed by atoms with van der Waals surface area (Å²) in [5.41, 5.74) is 1.95. The number of carbonyl (C=O) groups is 1. The highest BCUT2D eigenvalue weighted by molar-refractivity contribution is 9.10. The summed E-state index contributed by atoms with van der Waals surface area (Å²) >= 11 is 11.8. The molecule has 1 aliphatic rings. The van der Waals surface area contributed by atoms with Gasteiger partial charge >= 0.3 is 0 Å². The van der Waals surface area contributed by atoms with Gasteiger partial charge in [-0.1, -0.05) is 57.9 Å². The van der Waals surface area contributed by atoms with Crippen LogP contribution in [0.2, 0.25) is 5.02 Å². The molecule has 0 radical (unpaired) electrons. The Bertz CT molecular complexity index is 1410. The van der Waals surface area contributed by atoms with E-state index in [0.29, 0.717) is 23.2 Å². The third kappa shape index (κ3) is 4.22. The number of amidine groups is 1. The van der Waals surface area contributed by atoms with E-state index in [-0.39, 0.29) is 5.91 Å². The number of hydrogen-bond acceptors (Lipinski definition) is 4. The van der Waals surface area contributed by atoms with Gasteiger partial charge in [0, 0.05) is 14.6 Å². The van der Waals surface area contributed by atoms with Crippen LogP contribution in [0.4, 0.5) is 5.69 Å². The van der Waals surface area contributed by atoms with Crippen LogP contribution in [-0.4, -0.2) is 18.3 Å². The maximum absolute atomic E-state index is 13.5. The number of nitrogens with zero attached hydrogens (tertiary/aromatic N) is 2. The molecule has 33 heavy (non-hydrogen) atoms. The van der Waals surface area contributed by atoms with Crippen molar-refractivity contribution >= 4 is 72.5 Å². The number of fused-ring (bicyclic) bond motifs is 1. The number of thiophene rings is 1. The van der Waals surface area contributed by atoms with Crippen LogP contribution in [-0.2, 0) is 4.79 Å². The number of benzene rings is 3. The molecule has 0 unspecified atom stereocenters. The van der Waals surface area contributed by atoms with Gasteiger partial charge < -0.3 is 4.74 Å². The first-order valence-corrected chi connectivity index (χ1v) is 12.3. The maximum atomic E-state index is 13.5. The van der Waals surface area contributed by atoms with Gasteiger partial charge in [-0.05, 0) is 61.0 Å². The smallest absolute Gasteiger partial charge is 0.282 e. The summed E-state index contributed by atoms with van der Waals surface area (Å²) in [5.74, 6) is 1.12. The van der Waals surface area contributed by atoms with Gasteiger partial charge in [0.1, 0.15) is 11.4 Å². The summed E-state index contributed by atoms with van der Waals surface area (Å²) in [6, 6.07) is 23.1. The minimum atomic E-state index is -0.199. The van der Waals surface area contributed by atoms with Gasteiger partial charge in [-0.3, -0.25) is 9.69 Å². The zero-order valence-electron chi connectivity index (χ0n) is 17.6. The van der Waals surface area contributed by atoms with Crippen molar-refractivity contribution in [2.45, 2.75) is 6.92 Å². The maximum Gasteiger partial charge on any atom is 0.282 e.